The second kappa shape index (κ2) is 4.75. The Bertz CT molecular complexity index is 161. The average Bonchev–Trinajstić information content (AvgIpc) is 1.82. The van der Waals surface area contributed by atoms with Crippen molar-refractivity contribution in [1.82, 2.24) is 5.32 Å². The molecule has 0 rings (SSSR count). The Kier molecular flexibility index (Phi) is 4.62. The van der Waals surface area contributed by atoms with Crippen molar-refractivity contribution in [3.8, 4) is 0 Å². The third-order valence-corrected chi connectivity index (χ3v) is 2.25. The molecular formula is C11H23NO. The van der Waals surface area contributed by atoms with Gasteiger partial charge in [-0.2, -0.15) is 0 Å². The van der Waals surface area contributed by atoms with E-state index < -0.39 is 0 Å². The van der Waals surface area contributed by atoms with Crippen molar-refractivity contribution in [2.24, 2.45) is 10.8 Å². The van der Waals surface area contributed by atoms with E-state index in [1.807, 2.05) is 7.05 Å². The Balaban J connectivity index is 4.14. The van der Waals surface area contributed by atoms with Crippen LogP contribution in [0.5, 0.6) is 0 Å². The SMILES string of the molecule is CNCC(C)(C)CC(C)(C)CC=O. The fourth-order valence-corrected chi connectivity index (χ4v) is 2.13. The van der Waals surface area contributed by atoms with Crippen molar-refractivity contribution in [2.75, 3.05) is 13.6 Å². The highest BCUT2D eigenvalue weighted by atomic mass is 16.1. The predicted molar refractivity (Wildman–Crippen MR) is 56.8 cm³/mol. The van der Waals surface area contributed by atoms with Gasteiger partial charge in [-0.3, -0.25) is 0 Å². The summed E-state index contributed by atoms with van der Waals surface area (Å²) in [4.78, 5) is 10.4. The van der Waals surface area contributed by atoms with Crippen LogP contribution in [0.1, 0.15) is 40.5 Å². The van der Waals surface area contributed by atoms with Gasteiger partial charge in [0.05, 0.1) is 0 Å². The van der Waals surface area contributed by atoms with E-state index in [0.717, 1.165) is 19.3 Å². The molecule has 0 amide bonds. The first-order chi connectivity index (χ1) is 5.83. The molecule has 0 unspecified atom stereocenters. The van der Waals surface area contributed by atoms with E-state index in [1.165, 1.54) is 0 Å². The van der Waals surface area contributed by atoms with Crippen LogP contribution in [0.25, 0.3) is 0 Å². The van der Waals surface area contributed by atoms with Crippen molar-refractivity contribution < 1.29 is 4.79 Å². The summed E-state index contributed by atoms with van der Waals surface area (Å²) >= 11 is 0. The zero-order valence-corrected chi connectivity index (χ0v) is 9.61. The highest BCUT2D eigenvalue weighted by Crippen LogP contribution is 2.34. The highest BCUT2D eigenvalue weighted by Gasteiger charge is 2.27. The summed E-state index contributed by atoms with van der Waals surface area (Å²) in [6.07, 6.45) is 2.75. The molecule has 0 heterocycles. The molecule has 0 saturated carbocycles. The molecule has 0 fully saturated rings. The molecule has 0 aliphatic carbocycles. The van der Waals surface area contributed by atoms with Gasteiger partial charge in [-0.1, -0.05) is 27.7 Å². The molecule has 0 aromatic carbocycles. The monoisotopic (exact) mass is 185 g/mol. The minimum absolute atomic E-state index is 0.127. The van der Waals surface area contributed by atoms with E-state index >= 15 is 0 Å². The average molecular weight is 185 g/mol. The van der Waals surface area contributed by atoms with Crippen LogP contribution in [0.4, 0.5) is 0 Å². The summed E-state index contributed by atoms with van der Waals surface area (Å²) in [6, 6.07) is 0. The minimum Gasteiger partial charge on any atom is -0.319 e. The topological polar surface area (TPSA) is 29.1 Å². The lowest BCUT2D eigenvalue weighted by molar-refractivity contribution is -0.109. The quantitative estimate of drug-likeness (QED) is 0.643. The van der Waals surface area contributed by atoms with Crippen LogP contribution in [-0.2, 0) is 4.79 Å². The third-order valence-electron chi connectivity index (χ3n) is 2.25. The largest absolute Gasteiger partial charge is 0.319 e. The number of hydrogen-bond donors (Lipinski definition) is 1. The van der Waals surface area contributed by atoms with Gasteiger partial charge in [-0.05, 0) is 30.8 Å². The molecule has 78 valence electrons. The molecular weight excluding hydrogens is 162 g/mol. The van der Waals surface area contributed by atoms with E-state index in [4.69, 9.17) is 0 Å². The van der Waals surface area contributed by atoms with Crippen molar-refractivity contribution >= 4 is 6.29 Å². The van der Waals surface area contributed by atoms with Crippen LogP contribution in [0.2, 0.25) is 0 Å². The molecule has 0 aromatic rings. The molecule has 0 aromatic heterocycles. The van der Waals surface area contributed by atoms with Crippen molar-refractivity contribution in [3.63, 3.8) is 0 Å². The maximum Gasteiger partial charge on any atom is 0.120 e. The van der Waals surface area contributed by atoms with Crippen LogP contribution in [-0.4, -0.2) is 19.9 Å². The Labute approximate surface area is 82.1 Å². The number of carbonyl (C=O) groups is 1. The zero-order chi connectivity index (χ0) is 10.5. The maximum atomic E-state index is 10.4. The lowest BCUT2D eigenvalue weighted by Crippen LogP contribution is -2.32. The summed E-state index contributed by atoms with van der Waals surface area (Å²) in [7, 11) is 1.97. The summed E-state index contributed by atoms with van der Waals surface area (Å²) in [5, 5.41) is 3.18. The predicted octanol–water partition coefficient (Wildman–Crippen LogP) is 2.24. The molecule has 13 heavy (non-hydrogen) atoms. The zero-order valence-electron chi connectivity index (χ0n) is 9.61. The molecule has 0 atom stereocenters. The summed E-state index contributed by atoms with van der Waals surface area (Å²) in [6.45, 7) is 9.76. The van der Waals surface area contributed by atoms with Crippen molar-refractivity contribution in [2.45, 2.75) is 40.5 Å². The van der Waals surface area contributed by atoms with Gasteiger partial charge in [0, 0.05) is 6.42 Å². The van der Waals surface area contributed by atoms with E-state index in [9.17, 15) is 4.79 Å². The smallest absolute Gasteiger partial charge is 0.120 e. The standard InChI is InChI=1S/C11H23NO/c1-10(2,6-7-13)8-11(3,4)9-12-5/h7,12H,6,8-9H2,1-5H3. The van der Waals surface area contributed by atoms with Gasteiger partial charge in [-0.25, -0.2) is 0 Å². The van der Waals surface area contributed by atoms with Crippen molar-refractivity contribution in [1.29, 1.82) is 0 Å². The fourth-order valence-electron chi connectivity index (χ4n) is 2.13. The van der Waals surface area contributed by atoms with Gasteiger partial charge >= 0.3 is 0 Å². The molecule has 1 N–H and O–H groups in total. The first-order valence-corrected chi connectivity index (χ1v) is 4.91. The molecule has 0 radical (unpaired) electrons. The molecule has 0 bridgehead atoms. The van der Waals surface area contributed by atoms with Gasteiger partial charge in [0.2, 0.25) is 0 Å². The lowest BCUT2D eigenvalue weighted by Gasteiger charge is -2.33. The molecule has 0 aliphatic heterocycles. The van der Waals surface area contributed by atoms with Gasteiger partial charge in [0.25, 0.3) is 0 Å². The van der Waals surface area contributed by atoms with E-state index in [2.05, 4.69) is 33.0 Å². The number of carbonyl (C=O) groups excluding carboxylic acids is 1. The van der Waals surface area contributed by atoms with Crippen molar-refractivity contribution in [3.05, 3.63) is 0 Å². The Morgan fingerprint density at radius 2 is 1.69 bits per heavy atom. The Morgan fingerprint density at radius 1 is 1.15 bits per heavy atom. The molecule has 2 nitrogen and oxygen atoms in total. The van der Waals surface area contributed by atoms with Gasteiger partial charge < -0.3 is 10.1 Å². The minimum atomic E-state index is 0.127. The number of hydrogen-bond acceptors (Lipinski definition) is 2. The first-order valence-electron chi connectivity index (χ1n) is 4.91. The first kappa shape index (κ1) is 12.6. The van der Waals surface area contributed by atoms with Gasteiger partial charge in [0.1, 0.15) is 6.29 Å². The summed E-state index contributed by atoms with van der Waals surface area (Å²) in [5.74, 6) is 0. The third kappa shape index (κ3) is 5.81. The van der Waals surface area contributed by atoms with Crippen LogP contribution in [0, 0.1) is 10.8 Å². The number of nitrogens with one attached hydrogen (secondary N) is 1. The van der Waals surface area contributed by atoms with Crippen LogP contribution >= 0.6 is 0 Å². The van der Waals surface area contributed by atoms with Crippen LogP contribution in [0.15, 0.2) is 0 Å². The summed E-state index contributed by atoms with van der Waals surface area (Å²) in [5.41, 5.74) is 0.392. The fraction of sp³-hybridized carbons (Fsp3) is 0.909. The second-order valence-electron chi connectivity index (χ2n) is 5.41. The second-order valence-corrected chi connectivity index (χ2v) is 5.41. The molecule has 0 spiro atoms. The molecule has 0 aliphatic rings. The molecule has 2 heteroatoms. The van der Waals surface area contributed by atoms with E-state index in [-0.39, 0.29) is 10.8 Å². The number of aldehydes is 1. The lowest BCUT2D eigenvalue weighted by atomic mass is 9.73. The van der Waals surface area contributed by atoms with Crippen LogP contribution in [0.3, 0.4) is 0 Å². The van der Waals surface area contributed by atoms with E-state index in [1.54, 1.807) is 0 Å². The normalized spacial score (nSPS) is 13.0. The molecule has 0 saturated heterocycles. The van der Waals surface area contributed by atoms with E-state index in [0.29, 0.717) is 6.42 Å². The Morgan fingerprint density at radius 3 is 2.08 bits per heavy atom. The maximum absolute atomic E-state index is 10.4. The summed E-state index contributed by atoms with van der Waals surface area (Å²) < 4.78 is 0. The van der Waals surface area contributed by atoms with Crippen LogP contribution < -0.4 is 5.32 Å². The highest BCUT2D eigenvalue weighted by molar-refractivity contribution is 5.50. The van der Waals surface area contributed by atoms with Gasteiger partial charge in [-0.15, -0.1) is 0 Å². The Hall–Kier alpha value is -0.370. The number of rotatable bonds is 6. The van der Waals surface area contributed by atoms with Gasteiger partial charge in [0.15, 0.2) is 0 Å².